The second-order valence-electron chi connectivity index (χ2n) is 9.59. The summed E-state index contributed by atoms with van der Waals surface area (Å²) in [6, 6.07) is 16.7. The van der Waals surface area contributed by atoms with Crippen LogP contribution in [0.4, 0.5) is 11.8 Å². The molecule has 0 radical (unpaired) electrons. The van der Waals surface area contributed by atoms with Crippen LogP contribution in [0.3, 0.4) is 0 Å². The Labute approximate surface area is 227 Å². The number of aryl methyl sites for hydroxylation is 1. The van der Waals surface area contributed by atoms with E-state index in [0.717, 1.165) is 69.3 Å². The normalized spacial score (nSPS) is 12.1. The van der Waals surface area contributed by atoms with Crippen molar-refractivity contribution in [1.82, 2.24) is 29.8 Å². The fourth-order valence-electron chi connectivity index (χ4n) is 4.26. The molecule has 1 atom stereocenters. The van der Waals surface area contributed by atoms with E-state index in [4.69, 9.17) is 0 Å². The number of hydrogen-bond acceptors (Lipinski definition) is 9. The average molecular weight is 525 g/mol. The minimum atomic E-state index is 0.0413. The largest absolute Gasteiger partial charge is 0.363 e. The first-order chi connectivity index (χ1) is 18.4. The van der Waals surface area contributed by atoms with E-state index in [1.807, 2.05) is 37.0 Å². The third kappa shape index (κ3) is 6.30. The van der Waals surface area contributed by atoms with Crippen molar-refractivity contribution >= 4 is 33.3 Å². The highest BCUT2D eigenvalue weighted by atomic mass is 32.1. The Bertz CT molecular complexity index is 1510. The van der Waals surface area contributed by atoms with Crippen molar-refractivity contribution in [3.63, 3.8) is 0 Å². The molecule has 2 aromatic carbocycles. The highest BCUT2D eigenvalue weighted by molar-refractivity contribution is 7.16. The van der Waals surface area contributed by atoms with Crippen molar-refractivity contribution < 1.29 is 0 Å². The summed E-state index contributed by atoms with van der Waals surface area (Å²) >= 11 is 1.63. The fourth-order valence-corrected chi connectivity index (χ4v) is 4.98. The Kier molecular flexibility index (Phi) is 7.86. The van der Waals surface area contributed by atoms with E-state index < -0.39 is 0 Å². The lowest BCUT2D eigenvalue weighted by molar-refractivity contribution is 0.405. The van der Waals surface area contributed by atoms with Gasteiger partial charge < -0.3 is 15.5 Å². The highest BCUT2D eigenvalue weighted by Crippen LogP contribution is 2.28. The van der Waals surface area contributed by atoms with Gasteiger partial charge in [-0.3, -0.25) is 0 Å². The number of benzene rings is 2. The smallest absolute Gasteiger partial charge is 0.222 e. The van der Waals surface area contributed by atoms with Gasteiger partial charge in [0.05, 0.1) is 21.4 Å². The van der Waals surface area contributed by atoms with Gasteiger partial charge in [0.2, 0.25) is 5.95 Å². The minimum absolute atomic E-state index is 0.0413. The first kappa shape index (κ1) is 25.7. The number of fused-ring (bicyclic) bond motifs is 1. The van der Waals surface area contributed by atoms with Crippen molar-refractivity contribution in [3.05, 3.63) is 77.8 Å². The predicted molar refractivity (Wildman–Crippen MR) is 157 cm³/mol. The van der Waals surface area contributed by atoms with Crippen LogP contribution in [-0.4, -0.2) is 57.0 Å². The second-order valence-corrected chi connectivity index (χ2v) is 10.5. The number of aromatic nitrogens is 5. The van der Waals surface area contributed by atoms with Gasteiger partial charge in [0, 0.05) is 42.2 Å². The topological polar surface area (TPSA) is 91.8 Å². The number of rotatable bonds is 10. The minimum Gasteiger partial charge on any atom is -0.363 e. The summed E-state index contributed by atoms with van der Waals surface area (Å²) in [6.45, 7) is 5.94. The highest BCUT2D eigenvalue weighted by Gasteiger charge is 2.12. The molecular formula is C29H32N8S. The molecule has 0 bridgehead atoms. The Balaban J connectivity index is 1.28. The molecule has 8 nitrogen and oxygen atoms in total. The van der Waals surface area contributed by atoms with Gasteiger partial charge >= 0.3 is 0 Å². The van der Waals surface area contributed by atoms with Crippen LogP contribution in [0.25, 0.3) is 32.6 Å². The van der Waals surface area contributed by atoms with E-state index in [1.165, 1.54) is 0 Å². The maximum Gasteiger partial charge on any atom is 0.222 e. The van der Waals surface area contributed by atoms with Crippen LogP contribution in [0.5, 0.6) is 0 Å². The molecule has 9 heteroatoms. The summed E-state index contributed by atoms with van der Waals surface area (Å²) in [7, 11) is 4.15. The lowest BCUT2D eigenvalue weighted by Crippen LogP contribution is -2.16. The van der Waals surface area contributed by atoms with Crippen LogP contribution >= 0.6 is 11.3 Å². The number of thiazole rings is 1. The summed E-state index contributed by atoms with van der Waals surface area (Å²) in [6.07, 6.45) is 4.79. The van der Waals surface area contributed by atoms with E-state index in [0.29, 0.717) is 5.95 Å². The molecule has 0 amide bonds. The average Bonchev–Trinajstić information content (AvgIpc) is 3.39. The molecule has 5 aromatic rings. The van der Waals surface area contributed by atoms with Gasteiger partial charge in [0.1, 0.15) is 11.6 Å². The molecule has 0 aliphatic carbocycles. The molecule has 2 N–H and O–H groups in total. The van der Waals surface area contributed by atoms with Crippen LogP contribution in [0.1, 0.15) is 30.8 Å². The van der Waals surface area contributed by atoms with Crippen molar-refractivity contribution in [2.75, 3.05) is 37.8 Å². The number of nitrogens with one attached hydrogen (secondary N) is 2. The molecular weight excluding hydrogens is 492 g/mol. The molecule has 38 heavy (non-hydrogen) atoms. The number of nitrogens with zero attached hydrogens (tertiary/aromatic N) is 6. The third-order valence-corrected chi connectivity index (χ3v) is 7.06. The van der Waals surface area contributed by atoms with Gasteiger partial charge in [-0.25, -0.2) is 24.9 Å². The molecule has 0 aliphatic heterocycles. The quantitative estimate of drug-likeness (QED) is 0.213. The van der Waals surface area contributed by atoms with Crippen LogP contribution in [0.15, 0.2) is 66.4 Å². The van der Waals surface area contributed by atoms with Crippen molar-refractivity contribution in [1.29, 1.82) is 0 Å². The van der Waals surface area contributed by atoms with Gasteiger partial charge in [0.25, 0.3) is 0 Å². The Morgan fingerprint density at radius 2 is 1.76 bits per heavy atom. The third-order valence-electron chi connectivity index (χ3n) is 6.27. The van der Waals surface area contributed by atoms with E-state index in [-0.39, 0.29) is 6.04 Å². The van der Waals surface area contributed by atoms with Crippen molar-refractivity contribution in [2.24, 2.45) is 0 Å². The zero-order chi connectivity index (χ0) is 26.5. The van der Waals surface area contributed by atoms with Gasteiger partial charge in [-0.2, -0.15) is 0 Å². The fraction of sp³-hybridized carbons (Fsp3) is 0.276. The number of anilines is 2. The van der Waals surface area contributed by atoms with E-state index in [2.05, 4.69) is 97.9 Å². The summed E-state index contributed by atoms with van der Waals surface area (Å²) in [5, 5.41) is 6.85. The Hall–Kier alpha value is -3.95. The van der Waals surface area contributed by atoms with Crippen molar-refractivity contribution in [3.8, 4) is 22.4 Å². The van der Waals surface area contributed by atoms with Crippen LogP contribution in [-0.2, 0) is 0 Å². The van der Waals surface area contributed by atoms with Crippen LogP contribution in [0.2, 0.25) is 0 Å². The van der Waals surface area contributed by atoms with Gasteiger partial charge in [-0.05, 0) is 70.2 Å². The molecule has 5 rings (SSSR count). The first-order valence-electron chi connectivity index (χ1n) is 12.7. The summed E-state index contributed by atoms with van der Waals surface area (Å²) in [5.41, 5.74) is 8.03. The van der Waals surface area contributed by atoms with Gasteiger partial charge in [-0.15, -0.1) is 11.3 Å². The molecule has 0 unspecified atom stereocenters. The monoisotopic (exact) mass is 524 g/mol. The van der Waals surface area contributed by atoms with Crippen LogP contribution < -0.4 is 10.6 Å². The van der Waals surface area contributed by atoms with Crippen molar-refractivity contribution in [2.45, 2.75) is 26.3 Å². The maximum atomic E-state index is 4.68. The summed E-state index contributed by atoms with van der Waals surface area (Å²) in [5.74, 6) is 2.17. The second kappa shape index (κ2) is 11.6. The predicted octanol–water partition coefficient (Wildman–Crippen LogP) is 6.06. The van der Waals surface area contributed by atoms with E-state index in [9.17, 15) is 0 Å². The molecule has 3 aromatic heterocycles. The first-order valence-corrected chi connectivity index (χ1v) is 13.6. The molecule has 0 saturated carbocycles. The van der Waals surface area contributed by atoms with Gasteiger partial charge in [0.15, 0.2) is 0 Å². The SMILES string of the molecule is Cc1nc(N[C@@H](C)c2cccc(-c3cnc(NCCCN(C)C)nc3)c2)cc(-c2ccc3ncsc3c2)n1. The Morgan fingerprint density at radius 1 is 0.921 bits per heavy atom. The molecule has 0 fully saturated rings. The maximum absolute atomic E-state index is 4.68. The standard InChI is InChI=1S/C29H32N8S/c1-19(34-28-15-26(35-20(2)36-28)23-9-10-25-27(14-23)38-18-33-25)21-7-5-8-22(13-21)24-16-31-29(32-17-24)30-11-6-12-37(3)4/h5,7-10,13-19H,6,11-12H2,1-4H3,(H,30,31,32)(H,34,35,36)/t19-/m0/s1. The zero-order valence-corrected chi connectivity index (χ0v) is 23.0. The lowest BCUT2D eigenvalue weighted by Gasteiger charge is -2.17. The van der Waals surface area contributed by atoms with E-state index in [1.54, 1.807) is 11.3 Å². The van der Waals surface area contributed by atoms with E-state index >= 15 is 0 Å². The van der Waals surface area contributed by atoms with Crippen LogP contribution in [0, 0.1) is 6.92 Å². The lowest BCUT2D eigenvalue weighted by atomic mass is 10.0. The number of hydrogen-bond donors (Lipinski definition) is 2. The molecule has 0 aliphatic rings. The summed E-state index contributed by atoms with van der Waals surface area (Å²) in [4.78, 5) is 24.9. The molecule has 194 valence electrons. The Morgan fingerprint density at radius 3 is 2.58 bits per heavy atom. The zero-order valence-electron chi connectivity index (χ0n) is 22.1. The molecule has 3 heterocycles. The molecule has 0 spiro atoms. The molecule has 0 saturated heterocycles. The van der Waals surface area contributed by atoms with Gasteiger partial charge in [-0.1, -0.05) is 24.3 Å². The summed E-state index contributed by atoms with van der Waals surface area (Å²) < 4.78 is 1.15.